The Morgan fingerprint density at radius 2 is 1.90 bits per heavy atom. The highest BCUT2D eigenvalue weighted by molar-refractivity contribution is 5.77. The second-order valence-corrected chi connectivity index (χ2v) is 4.95. The van der Waals surface area contributed by atoms with Crippen molar-refractivity contribution in [1.82, 2.24) is 14.8 Å². The Bertz CT molecular complexity index is 792. The van der Waals surface area contributed by atoms with Gasteiger partial charge < -0.3 is 5.11 Å². The van der Waals surface area contributed by atoms with Crippen LogP contribution in [0.1, 0.15) is 17.0 Å². The van der Waals surface area contributed by atoms with Gasteiger partial charge in [0.15, 0.2) is 5.82 Å². The summed E-state index contributed by atoms with van der Waals surface area (Å²) in [4.78, 5) is 0. The monoisotopic (exact) mass is 263 g/mol. The van der Waals surface area contributed by atoms with Crippen LogP contribution in [0.25, 0.3) is 16.8 Å². The maximum atomic E-state index is 9.28. The summed E-state index contributed by atoms with van der Waals surface area (Å²) in [6.45, 7) is -0.114. The van der Waals surface area contributed by atoms with Gasteiger partial charge in [0, 0.05) is 5.69 Å². The van der Waals surface area contributed by atoms with Crippen molar-refractivity contribution < 1.29 is 5.11 Å². The van der Waals surface area contributed by atoms with Crippen LogP contribution in [0.5, 0.6) is 0 Å². The average molecular weight is 263 g/mol. The number of hydrogen-bond donors (Lipinski definition) is 1. The molecule has 0 spiro atoms. The van der Waals surface area contributed by atoms with Gasteiger partial charge in [0.25, 0.3) is 0 Å². The van der Waals surface area contributed by atoms with Gasteiger partial charge in [0.1, 0.15) is 12.9 Å². The molecule has 0 saturated carbocycles. The molecule has 0 aliphatic heterocycles. The second-order valence-electron chi connectivity index (χ2n) is 4.95. The van der Waals surface area contributed by atoms with Crippen LogP contribution in [-0.2, 0) is 13.0 Å². The molecule has 0 unspecified atom stereocenters. The first-order chi connectivity index (χ1) is 9.86. The molecule has 3 aromatic rings. The molecule has 4 heteroatoms. The molecule has 1 aromatic heterocycles. The Hall–Kier alpha value is -2.46. The lowest BCUT2D eigenvalue weighted by Gasteiger charge is -2.07. The summed E-state index contributed by atoms with van der Waals surface area (Å²) in [7, 11) is 0. The van der Waals surface area contributed by atoms with Crippen molar-refractivity contribution >= 4 is 0 Å². The number of aliphatic hydroxyl groups is 1. The predicted molar refractivity (Wildman–Crippen MR) is 75.5 cm³/mol. The molecule has 1 aliphatic rings. The van der Waals surface area contributed by atoms with Crippen LogP contribution in [0.15, 0.2) is 48.8 Å². The summed E-state index contributed by atoms with van der Waals surface area (Å²) in [5.41, 5.74) is 6.28. The quantitative estimate of drug-likeness (QED) is 0.604. The lowest BCUT2D eigenvalue weighted by molar-refractivity contribution is 0.269. The smallest absolute Gasteiger partial charge is 0.163 e. The number of aromatic nitrogens is 3. The standard InChI is InChI=1S/C16H13N3O/c20-9-16-18-17-10-19(16)13-5-6-15-12(8-13)7-11-3-1-2-4-14(11)15/h1-6,8,10,20H,7,9H2. The first kappa shape index (κ1) is 11.4. The van der Waals surface area contributed by atoms with E-state index >= 15 is 0 Å². The van der Waals surface area contributed by atoms with E-state index in [1.54, 1.807) is 6.33 Å². The molecule has 4 rings (SSSR count). The van der Waals surface area contributed by atoms with E-state index in [-0.39, 0.29) is 6.61 Å². The molecule has 2 aromatic carbocycles. The van der Waals surface area contributed by atoms with E-state index in [0.717, 1.165) is 12.1 Å². The molecular formula is C16H13N3O. The summed E-state index contributed by atoms with van der Waals surface area (Å²) in [5, 5.41) is 17.0. The molecule has 98 valence electrons. The van der Waals surface area contributed by atoms with Gasteiger partial charge in [0.05, 0.1) is 0 Å². The Kier molecular flexibility index (Phi) is 2.44. The fraction of sp³-hybridized carbons (Fsp3) is 0.125. The van der Waals surface area contributed by atoms with Gasteiger partial charge in [-0.15, -0.1) is 10.2 Å². The summed E-state index contributed by atoms with van der Waals surface area (Å²) < 4.78 is 1.82. The molecular weight excluding hydrogens is 250 g/mol. The van der Waals surface area contributed by atoms with Crippen LogP contribution in [-0.4, -0.2) is 19.9 Å². The Balaban J connectivity index is 1.83. The van der Waals surface area contributed by atoms with Gasteiger partial charge in [-0.3, -0.25) is 4.57 Å². The molecule has 20 heavy (non-hydrogen) atoms. The number of fused-ring (bicyclic) bond motifs is 3. The van der Waals surface area contributed by atoms with Crippen molar-refractivity contribution in [3.05, 3.63) is 65.7 Å². The first-order valence-electron chi connectivity index (χ1n) is 6.58. The molecule has 0 fully saturated rings. The van der Waals surface area contributed by atoms with Crippen LogP contribution in [0.2, 0.25) is 0 Å². The highest BCUT2D eigenvalue weighted by atomic mass is 16.3. The summed E-state index contributed by atoms with van der Waals surface area (Å²) in [6, 6.07) is 14.8. The maximum Gasteiger partial charge on any atom is 0.163 e. The van der Waals surface area contributed by atoms with Crippen molar-refractivity contribution in [3.8, 4) is 16.8 Å². The van der Waals surface area contributed by atoms with Gasteiger partial charge in [-0.1, -0.05) is 30.3 Å². The van der Waals surface area contributed by atoms with Crippen LogP contribution in [0.4, 0.5) is 0 Å². The second kappa shape index (κ2) is 4.28. The van der Waals surface area contributed by atoms with Crippen molar-refractivity contribution in [2.45, 2.75) is 13.0 Å². The van der Waals surface area contributed by atoms with E-state index < -0.39 is 0 Å². The SMILES string of the molecule is OCc1nncn1-c1ccc2c(c1)Cc1ccccc1-2. The van der Waals surface area contributed by atoms with Crippen molar-refractivity contribution in [2.24, 2.45) is 0 Å². The lowest BCUT2D eigenvalue weighted by Crippen LogP contribution is -2.00. The third-order valence-electron chi connectivity index (χ3n) is 3.82. The maximum absolute atomic E-state index is 9.28. The highest BCUT2D eigenvalue weighted by Gasteiger charge is 2.18. The van der Waals surface area contributed by atoms with Crippen LogP contribution in [0, 0.1) is 0 Å². The highest BCUT2D eigenvalue weighted by Crippen LogP contribution is 2.37. The average Bonchev–Trinajstić information content (AvgIpc) is 3.10. The number of rotatable bonds is 2. The predicted octanol–water partition coefficient (Wildman–Crippen LogP) is 2.33. The molecule has 4 nitrogen and oxygen atoms in total. The molecule has 0 amide bonds. The van der Waals surface area contributed by atoms with E-state index in [4.69, 9.17) is 0 Å². The minimum atomic E-state index is -0.114. The number of benzene rings is 2. The third kappa shape index (κ3) is 1.58. The largest absolute Gasteiger partial charge is 0.388 e. The number of hydrogen-bond acceptors (Lipinski definition) is 3. The fourth-order valence-corrected chi connectivity index (χ4v) is 2.86. The van der Waals surface area contributed by atoms with Gasteiger partial charge in [0.2, 0.25) is 0 Å². The molecule has 0 radical (unpaired) electrons. The van der Waals surface area contributed by atoms with E-state index in [1.165, 1.54) is 22.3 Å². The first-order valence-corrected chi connectivity index (χ1v) is 6.58. The molecule has 1 N–H and O–H groups in total. The Labute approximate surface area is 116 Å². The van der Waals surface area contributed by atoms with Crippen molar-refractivity contribution in [2.75, 3.05) is 0 Å². The normalized spacial score (nSPS) is 12.2. The minimum absolute atomic E-state index is 0.114. The van der Waals surface area contributed by atoms with Gasteiger partial charge >= 0.3 is 0 Å². The van der Waals surface area contributed by atoms with Gasteiger partial charge in [-0.25, -0.2) is 0 Å². The lowest BCUT2D eigenvalue weighted by atomic mass is 10.1. The molecule has 0 atom stereocenters. The molecule has 0 saturated heterocycles. The summed E-state index contributed by atoms with van der Waals surface area (Å²) in [5.74, 6) is 0.556. The Morgan fingerprint density at radius 3 is 2.80 bits per heavy atom. The van der Waals surface area contributed by atoms with Crippen LogP contribution < -0.4 is 0 Å². The number of nitrogens with zero attached hydrogens (tertiary/aromatic N) is 3. The van der Waals surface area contributed by atoms with Crippen LogP contribution in [0.3, 0.4) is 0 Å². The topological polar surface area (TPSA) is 50.9 Å². The van der Waals surface area contributed by atoms with Gasteiger partial charge in [-0.2, -0.15) is 0 Å². The summed E-state index contributed by atoms with van der Waals surface area (Å²) in [6.07, 6.45) is 2.59. The minimum Gasteiger partial charge on any atom is -0.388 e. The van der Waals surface area contributed by atoms with E-state index in [2.05, 4.69) is 46.6 Å². The van der Waals surface area contributed by atoms with Crippen LogP contribution >= 0.6 is 0 Å². The molecule has 0 bridgehead atoms. The van der Waals surface area contributed by atoms with Crippen molar-refractivity contribution in [3.63, 3.8) is 0 Å². The van der Waals surface area contributed by atoms with E-state index in [1.807, 2.05) is 10.6 Å². The zero-order valence-corrected chi connectivity index (χ0v) is 10.8. The van der Waals surface area contributed by atoms with E-state index in [0.29, 0.717) is 5.82 Å². The summed E-state index contributed by atoms with van der Waals surface area (Å²) >= 11 is 0. The van der Waals surface area contributed by atoms with Gasteiger partial charge in [-0.05, 0) is 40.8 Å². The third-order valence-corrected chi connectivity index (χ3v) is 3.82. The van der Waals surface area contributed by atoms with E-state index in [9.17, 15) is 5.11 Å². The molecule has 1 heterocycles. The molecule has 1 aliphatic carbocycles. The fourth-order valence-electron chi connectivity index (χ4n) is 2.86. The zero-order chi connectivity index (χ0) is 13.5. The Morgan fingerprint density at radius 1 is 1.05 bits per heavy atom. The zero-order valence-electron chi connectivity index (χ0n) is 10.8. The number of aliphatic hydroxyl groups excluding tert-OH is 1. The van der Waals surface area contributed by atoms with Crippen molar-refractivity contribution in [1.29, 1.82) is 0 Å².